The summed E-state index contributed by atoms with van der Waals surface area (Å²) >= 11 is 0. The zero-order valence-corrected chi connectivity index (χ0v) is 13.4. The molecule has 0 aromatic carbocycles. The summed E-state index contributed by atoms with van der Waals surface area (Å²) in [6, 6.07) is 0. The highest BCUT2D eigenvalue weighted by atomic mass is 32.2. The third-order valence-electron chi connectivity index (χ3n) is 4.07. The van der Waals surface area contributed by atoms with Crippen LogP contribution in [0.3, 0.4) is 0 Å². The summed E-state index contributed by atoms with van der Waals surface area (Å²) in [5, 5.41) is 0. The third-order valence-corrected chi connectivity index (χ3v) is 8.92. The molecule has 1 aliphatic heterocycles. The topological polar surface area (TPSA) is 77.5 Å². The standard InChI is InChI=1S/C13H22O5S2/c1-13(10-18-9-12-5-3-2-4-6-12)11-19(14,15)7-8-20(13,16)17/h9H,2-8,10-11H2,1H3. The van der Waals surface area contributed by atoms with Crippen molar-refractivity contribution in [2.45, 2.75) is 43.8 Å². The zero-order valence-electron chi connectivity index (χ0n) is 11.8. The predicted molar refractivity (Wildman–Crippen MR) is 78.0 cm³/mol. The first-order valence-electron chi connectivity index (χ1n) is 6.96. The molecule has 0 N–H and O–H groups in total. The maximum Gasteiger partial charge on any atom is 0.161 e. The molecule has 0 aromatic rings. The summed E-state index contributed by atoms with van der Waals surface area (Å²) in [6.45, 7) is 1.39. The first kappa shape index (κ1) is 15.8. The lowest BCUT2D eigenvalue weighted by Crippen LogP contribution is -2.52. The van der Waals surface area contributed by atoms with E-state index < -0.39 is 24.4 Å². The molecule has 0 radical (unpaired) electrons. The Morgan fingerprint density at radius 2 is 1.75 bits per heavy atom. The summed E-state index contributed by atoms with van der Waals surface area (Å²) in [4.78, 5) is 0. The summed E-state index contributed by atoms with van der Waals surface area (Å²) < 4.78 is 51.7. The van der Waals surface area contributed by atoms with E-state index in [9.17, 15) is 16.8 Å². The average Bonchev–Trinajstić information content (AvgIpc) is 2.36. The van der Waals surface area contributed by atoms with Gasteiger partial charge in [-0.3, -0.25) is 0 Å². The van der Waals surface area contributed by atoms with Crippen molar-refractivity contribution in [1.82, 2.24) is 0 Å². The van der Waals surface area contributed by atoms with Gasteiger partial charge >= 0.3 is 0 Å². The van der Waals surface area contributed by atoms with Crippen LogP contribution in [-0.2, 0) is 24.4 Å². The molecule has 1 saturated carbocycles. The second kappa shape index (κ2) is 5.67. The lowest BCUT2D eigenvalue weighted by Gasteiger charge is -2.32. The summed E-state index contributed by atoms with van der Waals surface area (Å²) in [5.74, 6) is -0.913. The molecular formula is C13H22O5S2. The van der Waals surface area contributed by atoms with Crippen LogP contribution in [0.25, 0.3) is 0 Å². The molecule has 20 heavy (non-hydrogen) atoms. The van der Waals surface area contributed by atoms with E-state index in [1.165, 1.54) is 18.9 Å². The lowest BCUT2D eigenvalue weighted by atomic mass is 9.96. The Morgan fingerprint density at radius 1 is 1.10 bits per heavy atom. The number of sulfone groups is 2. The van der Waals surface area contributed by atoms with E-state index in [4.69, 9.17) is 4.74 Å². The maximum atomic E-state index is 12.1. The Hall–Kier alpha value is -0.560. The number of allylic oxidation sites excluding steroid dienone is 1. The van der Waals surface area contributed by atoms with Crippen molar-refractivity contribution < 1.29 is 21.6 Å². The molecule has 2 rings (SSSR count). The largest absolute Gasteiger partial charge is 0.500 e. The number of hydrogen-bond donors (Lipinski definition) is 0. The quantitative estimate of drug-likeness (QED) is 0.735. The van der Waals surface area contributed by atoms with Crippen LogP contribution in [0.4, 0.5) is 0 Å². The molecule has 1 aliphatic carbocycles. The summed E-state index contributed by atoms with van der Waals surface area (Å²) in [5.41, 5.74) is 1.19. The fourth-order valence-electron chi connectivity index (χ4n) is 2.70. The van der Waals surface area contributed by atoms with Gasteiger partial charge in [0.25, 0.3) is 0 Å². The normalized spacial score (nSPS) is 32.5. The highest BCUT2D eigenvalue weighted by Crippen LogP contribution is 2.27. The Labute approximate surface area is 121 Å². The van der Waals surface area contributed by atoms with Gasteiger partial charge in [0.05, 0.1) is 23.5 Å². The van der Waals surface area contributed by atoms with Gasteiger partial charge < -0.3 is 4.74 Å². The lowest BCUT2D eigenvalue weighted by molar-refractivity contribution is 0.216. The first-order chi connectivity index (χ1) is 9.24. The van der Waals surface area contributed by atoms with Gasteiger partial charge in [0.15, 0.2) is 19.7 Å². The van der Waals surface area contributed by atoms with Gasteiger partial charge in [0.2, 0.25) is 0 Å². The van der Waals surface area contributed by atoms with E-state index in [0.717, 1.165) is 25.7 Å². The molecular weight excluding hydrogens is 300 g/mol. The van der Waals surface area contributed by atoms with Gasteiger partial charge in [-0.1, -0.05) is 6.42 Å². The number of ether oxygens (including phenoxy) is 1. The molecule has 116 valence electrons. The minimum Gasteiger partial charge on any atom is -0.500 e. The van der Waals surface area contributed by atoms with Crippen molar-refractivity contribution in [2.75, 3.05) is 23.9 Å². The molecule has 1 atom stereocenters. The molecule has 2 fully saturated rings. The van der Waals surface area contributed by atoms with Crippen molar-refractivity contribution in [1.29, 1.82) is 0 Å². The summed E-state index contributed by atoms with van der Waals surface area (Å²) in [7, 11) is -6.73. The van der Waals surface area contributed by atoms with Crippen LogP contribution in [0, 0.1) is 0 Å². The van der Waals surface area contributed by atoms with Gasteiger partial charge in [-0.15, -0.1) is 0 Å². The Morgan fingerprint density at radius 3 is 2.40 bits per heavy atom. The molecule has 0 spiro atoms. The van der Waals surface area contributed by atoms with Gasteiger partial charge in [0, 0.05) is 0 Å². The van der Waals surface area contributed by atoms with Crippen molar-refractivity contribution in [2.24, 2.45) is 0 Å². The molecule has 1 heterocycles. The minimum atomic E-state index is -3.43. The van der Waals surface area contributed by atoms with Crippen LogP contribution in [0.5, 0.6) is 0 Å². The monoisotopic (exact) mass is 322 g/mol. The molecule has 1 unspecified atom stereocenters. The van der Waals surface area contributed by atoms with Crippen molar-refractivity contribution in [3.63, 3.8) is 0 Å². The van der Waals surface area contributed by atoms with Gasteiger partial charge in [0.1, 0.15) is 11.4 Å². The van der Waals surface area contributed by atoms with Crippen molar-refractivity contribution >= 4 is 19.7 Å². The minimum absolute atomic E-state index is 0.0853. The molecule has 2 aliphatic rings. The van der Waals surface area contributed by atoms with Crippen molar-refractivity contribution in [3.8, 4) is 0 Å². The Kier molecular flexibility index (Phi) is 4.49. The van der Waals surface area contributed by atoms with Crippen LogP contribution >= 0.6 is 0 Å². The average molecular weight is 322 g/mol. The van der Waals surface area contributed by atoms with Gasteiger partial charge in [-0.05, 0) is 38.2 Å². The molecule has 1 saturated heterocycles. The molecule has 0 aromatic heterocycles. The second-order valence-electron chi connectivity index (χ2n) is 6.01. The van der Waals surface area contributed by atoms with Crippen LogP contribution < -0.4 is 0 Å². The Bertz CT molecular complexity index is 580. The van der Waals surface area contributed by atoms with Crippen LogP contribution in [0.15, 0.2) is 11.8 Å². The molecule has 5 nitrogen and oxygen atoms in total. The molecule has 7 heteroatoms. The predicted octanol–water partition coefficient (Wildman–Crippen LogP) is 1.45. The molecule has 0 amide bonds. The maximum absolute atomic E-state index is 12.1. The van der Waals surface area contributed by atoms with Crippen LogP contribution in [0.1, 0.15) is 39.0 Å². The number of rotatable bonds is 3. The first-order valence-corrected chi connectivity index (χ1v) is 10.4. The van der Waals surface area contributed by atoms with E-state index in [1.807, 2.05) is 0 Å². The number of hydrogen-bond acceptors (Lipinski definition) is 5. The van der Waals surface area contributed by atoms with Crippen molar-refractivity contribution in [3.05, 3.63) is 11.8 Å². The summed E-state index contributed by atoms with van der Waals surface area (Å²) in [6.07, 6.45) is 7.12. The van der Waals surface area contributed by atoms with E-state index in [1.54, 1.807) is 6.26 Å². The SMILES string of the molecule is CC1(COC=C2CCCCC2)CS(=O)(=O)CCS1(=O)=O. The fraction of sp³-hybridized carbons (Fsp3) is 0.846. The smallest absolute Gasteiger partial charge is 0.161 e. The zero-order chi connectivity index (χ0) is 14.9. The van der Waals surface area contributed by atoms with E-state index >= 15 is 0 Å². The van der Waals surface area contributed by atoms with Crippen LogP contribution in [-0.4, -0.2) is 45.4 Å². The highest BCUT2D eigenvalue weighted by Gasteiger charge is 2.47. The third kappa shape index (κ3) is 3.55. The fourth-order valence-corrected chi connectivity index (χ4v) is 7.75. The van der Waals surface area contributed by atoms with E-state index in [-0.39, 0.29) is 23.9 Å². The highest BCUT2D eigenvalue weighted by molar-refractivity contribution is 7.99. The van der Waals surface area contributed by atoms with E-state index in [0.29, 0.717) is 0 Å². The van der Waals surface area contributed by atoms with Gasteiger partial charge in [-0.25, -0.2) is 16.8 Å². The van der Waals surface area contributed by atoms with E-state index in [2.05, 4.69) is 0 Å². The van der Waals surface area contributed by atoms with Gasteiger partial charge in [-0.2, -0.15) is 0 Å². The molecule has 0 bridgehead atoms. The van der Waals surface area contributed by atoms with Crippen LogP contribution in [0.2, 0.25) is 0 Å². The Balaban J connectivity index is 2.05. The second-order valence-corrected chi connectivity index (χ2v) is 10.8.